The van der Waals surface area contributed by atoms with Crippen molar-refractivity contribution in [1.29, 1.82) is 0 Å². The first-order chi connectivity index (χ1) is 4.84. The van der Waals surface area contributed by atoms with Crippen LogP contribution in [0.25, 0.3) is 0 Å². The minimum Gasteiger partial charge on any atom is -0.409 e. The summed E-state index contributed by atoms with van der Waals surface area (Å²) in [5, 5.41) is 0. The second-order valence-electron chi connectivity index (χ2n) is 1.95. The molecule has 0 amide bonds. The monoisotopic (exact) mass is 138 g/mol. The Balaban J connectivity index is 2.81. The number of hydrogen-bond acceptors (Lipinski definition) is 3. The lowest BCUT2D eigenvalue weighted by molar-refractivity contribution is 0.222. The van der Waals surface area contributed by atoms with Crippen molar-refractivity contribution in [1.82, 2.24) is 10.5 Å². The topological polar surface area (TPSA) is 34.1 Å². The van der Waals surface area contributed by atoms with Crippen molar-refractivity contribution in [3.05, 3.63) is 24.0 Å². The molecule has 0 spiro atoms. The predicted molar refractivity (Wildman–Crippen MR) is 38.7 cm³/mol. The van der Waals surface area contributed by atoms with E-state index in [2.05, 4.69) is 10.5 Å². The zero-order valence-corrected chi connectivity index (χ0v) is 6.09. The van der Waals surface area contributed by atoms with Crippen LogP contribution in [0, 0.1) is 6.92 Å². The third-order valence-corrected chi connectivity index (χ3v) is 1.18. The van der Waals surface area contributed by atoms with Crippen LogP contribution in [-0.2, 0) is 0 Å². The first-order valence-corrected chi connectivity index (χ1v) is 3.09. The van der Waals surface area contributed by atoms with Gasteiger partial charge in [0.15, 0.2) is 5.75 Å². The molecule has 0 aliphatic heterocycles. The smallest absolute Gasteiger partial charge is 0.153 e. The molecule has 0 fully saturated rings. The van der Waals surface area contributed by atoms with Crippen molar-refractivity contribution in [2.24, 2.45) is 0 Å². The number of hydroxylamine groups is 1. The minimum atomic E-state index is 0.817. The molecule has 3 heteroatoms. The molecule has 1 aromatic heterocycles. The Labute approximate surface area is 60.0 Å². The van der Waals surface area contributed by atoms with Gasteiger partial charge in [-0.05, 0) is 6.92 Å². The average molecular weight is 138 g/mol. The van der Waals surface area contributed by atoms with Gasteiger partial charge in [-0.25, -0.2) is 0 Å². The molecule has 0 saturated carbocycles. The quantitative estimate of drug-likeness (QED) is 0.616. The van der Waals surface area contributed by atoms with E-state index >= 15 is 0 Å². The lowest BCUT2D eigenvalue weighted by Crippen LogP contribution is -2.11. The SMILES string of the molecule is CNOc1ccncc1C. The molecule has 0 radical (unpaired) electrons. The largest absolute Gasteiger partial charge is 0.409 e. The highest BCUT2D eigenvalue weighted by molar-refractivity contribution is 5.27. The standard InChI is InChI=1S/C7H10N2O/c1-6-5-9-4-3-7(6)10-8-2/h3-5,8H,1-2H3. The van der Waals surface area contributed by atoms with Gasteiger partial charge in [0, 0.05) is 31.1 Å². The molecule has 0 saturated heterocycles. The van der Waals surface area contributed by atoms with Gasteiger partial charge >= 0.3 is 0 Å². The molecule has 1 aromatic rings. The van der Waals surface area contributed by atoms with E-state index in [-0.39, 0.29) is 0 Å². The molecule has 0 unspecified atom stereocenters. The fourth-order valence-corrected chi connectivity index (χ4v) is 0.685. The Morgan fingerprint density at radius 3 is 3.00 bits per heavy atom. The molecule has 0 aliphatic carbocycles. The maximum absolute atomic E-state index is 5.05. The molecule has 0 aliphatic rings. The van der Waals surface area contributed by atoms with E-state index in [1.807, 2.05) is 13.0 Å². The molecular formula is C7H10N2O. The van der Waals surface area contributed by atoms with Gasteiger partial charge in [0.05, 0.1) is 0 Å². The number of aryl methyl sites for hydroxylation is 1. The molecule has 0 atom stereocenters. The van der Waals surface area contributed by atoms with Crippen LogP contribution in [0.5, 0.6) is 5.75 Å². The van der Waals surface area contributed by atoms with Crippen LogP contribution in [0.15, 0.2) is 18.5 Å². The van der Waals surface area contributed by atoms with Crippen LogP contribution < -0.4 is 10.3 Å². The van der Waals surface area contributed by atoms with E-state index in [9.17, 15) is 0 Å². The van der Waals surface area contributed by atoms with Gasteiger partial charge in [0.25, 0.3) is 0 Å². The fourth-order valence-electron chi connectivity index (χ4n) is 0.685. The number of pyridine rings is 1. The summed E-state index contributed by atoms with van der Waals surface area (Å²) in [5.74, 6) is 0.817. The summed E-state index contributed by atoms with van der Waals surface area (Å²) in [6, 6.07) is 1.81. The molecule has 1 N–H and O–H groups in total. The first kappa shape index (κ1) is 7.02. The van der Waals surface area contributed by atoms with Crippen molar-refractivity contribution in [2.75, 3.05) is 7.05 Å². The zero-order chi connectivity index (χ0) is 7.40. The van der Waals surface area contributed by atoms with Crippen LogP contribution in [0.3, 0.4) is 0 Å². The molecule has 1 rings (SSSR count). The molecule has 54 valence electrons. The van der Waals surface area contributed by atoms with E-state index in [0.29, 0.717) is 0 Å². The van der Waals surface area contributed by atoms with Crippen LogP contribution in [0.1, 0.15) is 5.56 Å². The Hall–Kier alpha value is -1.09. The van der Waals surface area contributed by atoms with E-state index in [1.54, 1.807) is 19.4 Å². The Bertz CT molecular complexity index is 213. The number of hydrogen-bond donors (Lipinski definition) is 1. The highest BCUT2D eigenvalue weighted by Crippen LogP contribution is 2.12. The van der Waals surface area contributed by atoms with Crippen molar-refractivity contribution < 1.29 is 4.84 Å². The molecule has 1 heterocycles. The third-order valence-electron chi connectivity index (χ3n) is 1.18. The van der Waals surface area contributed by atoms with Crippen molar-refractivity contribution >= 4 is 0 Å². The van der Waals surface area contributed by atoms with E-state index in [1.165, 1.54) is 0 Å². The van der Waals surface area contributed by atoms with Crippen molar-refractivity contribution in [3.8, 4) is 5.75 Å². The molecule has 0 aromatic carbocycles. The van der Waals surface area contributed by atoms with E-state index in [0.717, 1.165) is 11.3 Å². The molecule has 10 heavy (non-hydrogen) atoms. The Morgan fingerprint density at radius 2 is 2.40 bits per heavy atom. The van der Waals surface area contributed by atoms with E-state index < -0.39 is 0 Å². The number of aromatic nitrogens is 1. The highest BCUT2D eigenvalue weighted by Gasteiger charge is 1.94. The second-order valence-corrected chi connectivity index (χ2v) is 1.95. The van der Waals surface area contributed by atoms with Gasteiger partial charge in [0.2, 0.25) is 0 Å². The summed E-state index contributed by atoms with van der Waals surface area (Å²) in [5.41, 5.74) is 3.62. The highest BCUT2D eigenvalue weighted by atomic mass is 16.6. The lowest BCUT2D eigenvalue weighted by Gasteiger charge is -2.03. The van der Waals surface area contributed by atoms with Gasteiger partial charge in [0.1, 0.15) is 0 Å². The maximum atomic E-state index is 5.05. The van der Waals surface area contributed by atoms with Crippen LogP contribution in [-0.4, -0.2) is 12.0 Å². The summed E-state index contributed by atoms with van der Waals surface area (Å²) in [4.78, 5) is 8.97. The normalized spacial score (nSPS) is 9.40. The molecular weight excluding hydrogens is 128 g/mol. The number of nitrogens with one attached hydrogen (secondary N) is 1. The van der Waals surface area contributed by atoms with Gasteiger partial charge in [-0.1, -0.05) is 0 Å². The lowest BCUT2D eigenvalue weighted by atomic mass is 10.3. The molecule has 0 bridgehead atoms. The second kappa shape index (κ2) is 3.17. The summed E-state index contributed by atoms with van der Waals surface area (Å²) < 4.78 is 0. The van der Waals surface area contributed by atoms with Crippen LogP contribution in [0.4, 0.5) is 0 Å². The summed E-state index contributed by atoms with van der Waals surface area (Å²) in [6.07, 6.45) is 3.45. The van der Waals surface area contributed by atoms with Crippen LogP contribution in [0.2, 0.25) is 0 Å². The minimum absolute atomic E-state index is 0.817. The van der Waals surface area contributed by atoms with Gasteiger partial charge in [-0.15, -0.1) is 0 Å². The Morgan fingerprint density at radius 1 is 1.60 bits per heavy atom. The fraction of sp³-hybridized carbons (Fsp3) is 0.286. The average Bonchev–Trinajstić information content (AvgIpc) is 1.94. The predicted octanol–water partition coefficient (Wildman–Crippen LogP) is 0.903. The first-order valence-electron chi connectivity index (χ1n) is 3.09. The maximum Gasteiger partial charge on any atom is 0.153 e. The Kier molecular flexibility index (Phi) is 2.23. The summed E-state index contributed by atoms with van der Waals surface area (Å²) in [6.45, 7) is 1.94. The summed E-state index contributed by atoms with van der Waals surface area (Å²) in [7, 11) is 1.72. The third kappa shape index (κ3) is 1.45. The van der Waals surface area contributed by atoms with Gasteiger partial charge < -0.3 is 4.84 Å². The van der Waals surface area contributed by atoms with E-state index in [4.69, 9.17) is 4.84 Å². The van der Waals surface area contributed by atoms with Crippen molar-refractivity contribution in [3.63, 3.8) is 0 Å². The zero-order valence-electron chi connectivity index (χ0n) is 6.09. The van der Waals surface area contributed by atoms with Gasteiger partial charge in [-0.2, -0.15) is 5.48 Å². The number of nitrogens with zero attached hydrogens (tertiary/aromatic N) is 1. The van der Waals surface area contributed by atoms with Crippen molar-refractivity contribution in [2.45, 2.75) is 6.92 Å². The summed E-state index contributed by atoms with van der Waals surface area (Å²) >= 11 is 0. The van der Waals surface area contributed by atoms with Crippen LogP contribution >= 0.6 is 0 Å². The molecule has 3 nitrogen and oxygen atoms in total. The van der Waals surface area contributed by atoms with Gasteiger partial charge in [-0.3, -0.25) is 4.98 Å². The number of rotatable bonds is 2.